The van der Waals surface area contributed by atoms with Gasteiger partial charge in [-0.1, -0.05) is 12.1 Å². The van der Waals surface area contributed by atoms with Crippen LogP contribution in [0.15, 0.2) is 47.5 Å². The minimum Gasteiger partial charge on any atom is -0.464 e. The molecule has 1 heterocycles. The molecule has 1 aromatic heterocycles. The molecule has 23 heavy (non-hydrogen) atoms. The molecule has 0 bridgehead atoms. The maximum Gasteiger partial charge on any atom is 0.274 e. The van der Waals surface area contributed by atoms with Gasteiger partial charge in [0.25, 0.3) is 15.9 Å². The molecule has 1 atom stereocenters. The number of rotatable bonds is 5. The summed E-state index contributed by atoms with van der Waals surface area (Å²) in [5.74, 6) is -1.39. The smallest absolute Gasteiger partial charge is 0.274 e. The van der Waals surface area contributed by atoms with Gasteiger partial charge < -0.3 is 4.74 Å². The summed E-state index contributed by atoms with van der Waals surface area (Å²) in [6, 6.07) is 8.20. The van der Waals surface area contributed by atoms with Gasteiger partial charge in [0, 0.05) is 12.3 Å². The number of nitrogens with zero attached hydrogens (tertiary/aromatic N) is 1. The van der Waals surface area contributed by atoms with Crippen LogP contribution in [0.25, 0.3) is 0 Å². The molecule has 1 N–H and O–H groups in total. The van der Waals surface area contributed by atoms with Gasteiger partial charge in [0.05, 0.1) is 4.90 Å². The van der Waals surface area contributed by atoms with E-state index in [0.29, 0.717) is 5.56 Å². The Balaban J connectivity index is 2.13. The monoisotopic (exact) mass is 338 g/mol. The Kier molecular flexibility index (Phi) is 4.95. The van der Waals surface area contributed by atoms with Crippen molar-refractivity contribution in [3.63, 3.8) is 0 Å². The van der Waals surface area contributed by atoms with Gasteiger partial charge >= 0.3 is 0 Å². The molecular weight excluding hydrogens is 323 g/mol. The summed E-state index contributed by atoms with van der Waals surface area (Å²) in [4.78, 5) is 15.6. The second-order valence-electron chi connectivity index (χ2n) is 4.81. The molecule has 122 valence electrons. The second-order valence-corrected chi connectivity index (χ2v) is 6.46. The molecule has 1 aromatic carbocycles. The topological polar surface area (TPSA) is 85.4 Å². The molecule has 2 aromatic rings. The lowest BCUT2D eigenvalue weighted by molar-refractivity contribution is -0.125. The van der Waals surface area contributed by atoms with Crippen molar-refractivity contribution in [3.8, 4) is 5.88 Å². The quantitative estimate of drug-likeness (QED) is 0.898. The Hall–Kier alpha value is -2.48. The Morgan fingerprint density at radius 1 is 1.30 bits per heavy atom. The van der Waals surface area contributed by atoms with Gasteiger partial charge in [0.1, 0.15) is 5.82 Å². The van der Waals surface area contributed by atoms with Crippen LogP contribution in [-0.4, -0.2) is 25.4 Å². The summed E-state index contributed by atoms with van der Waals surface area (Å²) in [6.07, 6.45) is 0.390. The van der Waals surface area contributed by atoms with Crippen LogP contribution in [0, 0.1) is 12.7 Å². The Morgan fingerprint density at radius 2 is 2.04 bits per heavy atom. The summed E-state index contributed by atoms with van der Waals surface area (Å²) in [5.41, 5.74) is 0.324. The molecule has 0 fully saturated rings. The normalized spacial score (nSPS) is 12.5. The van der Waals surface area contributed by atoms with Gasteiger partial charge in [-0.25, -0.2) is 22.5 Å². The van der Waals surface area contributed by atoms with Gasteiger partial charge in [-0.15, -0.1) is 0 Å². The number of hydrogen-bond donors (Lipinski definition) is 1. The molecule has 0 saturated carbocycles. The number of aryl methyl sites for hydroxylation is 1. The number of amides is 1. The molecule has 0 aliphatic rings. The summed E-state index contributed by atoms with van der Waals surface area (Å²) in [5, 5.41) is 0. The van der Waals surface area contributed by atoms with Crippen molar-refractivity contribution in [2.45, 2.75) is 24.8 Å². The molecule has 0 aliphatic carbocycles. The van der Waals surface area contributed by atoms with Crippen molar-refractivity contribution < 1.29 is 22.3 Å². The number of pyridine rings is 1. The third kappa shape index (κ3) is 4.26. The Morgan fingerprint density at radius 3 is 2.70 bits per heavy atom. The highest BCUT2D eigenvalue weighted by Crippen LogP contribution is 2.16. The molecule has 0 radical (unpaired) electrons. The van der Waals surface area contributed by atoms with Crippen molar-refractivity contribution in [2.24, 2.45) is 0 Å². The van der Waals surface area contributed by atoms with Crippen LogP contribution in [0.4, 0.5) is 4.39 Å². The number of hydrogen-bond acceptors (Lipinski definition) is 5. The summed E-state index contributed by atoms with van der Waals surface area (Å²) >= 11 is 0. The first-order valence-electron chi connectivity index (χ1n) is 6.70. The van der Waals surface area contributed by atoms with Crippen LogP contribution in [-0.2, 0) is 14.8 Å². The van der Waals surface area contributed by atoms with E-state index in [9.17, 15) is 17.6 Å². The van der Waals surface area contributed by atoms with Crippen molar-refractivity contribution in [1.29, 1.82) is 0 Å². The molecule has 1 amide bonds. The number of carbonyl (C=O) groups is 1. The first-order chi connectivity index (χ1) is 10.8. The minimum absolute atomic E-state index is 0.189. The van der Waals surface area contributed by atoms with E-state index in [0.717, 1.165) is 12.1 Å². The van der Waals surface area contributed by atoms with E-state index in [1.165, 1.54) is 32.2 Å². The maximum atomic E-state index is 13.3. The van der Waals surface area contributed by atoms with E-state index in [2.05, 4.69) is 4.98 Å². The lowest BCUT2D eigenvalue weighted by Crippen LogP contribution is -2.40. The fraction of sp³-hybridized carbons (Fsp3) is 0.200. The van der Waals surface area contributed by atoms with Crippen LogP contribution in [0.1, 0.15) is 12.5 Å². The molecular formula is C15H15FN2O4S. The fourth-order valence-electron chi connectivity index (χ4n) is 1.79. The standard InChI is InChI=1S/C15H15FN2O4S/c1-10-6-7-12(16)9-13(10)23(20,21)18-15(19)11(2)22-14-5-3-4-8-17-14/h3-9,11H,1-2H3,(H,18,19). The lowest BCUT2D eigenvalue weighted by atomic mass is 10.2. The van der Waals surface area contributed by atoms with E-state index in [4.69, 9.17) is 4.74 Å². The van der Waals surface area contributed by atoms with Gasteiger partial charge in [-0.05, 0) is 37.6 Å². The second kappa shape index (κ2) is 6.74. The van der Waals surface area contributed by atoms with Crippen LogP contribution in [0.3, 0.4) is 0 Å². The first-order valence-corrected chi connectivity index (χ1v) is 8.18. The van der Waals surface area contributed by atoms with Crippen molar-refractivity contribution in [1.82, 2.24) is 9.71 Å². The Bertz CT molecular complexity index is 809. The number of sulfonamides is 1. The van der Waals surface area contributed by atoms with Crippen molar-refractivity contribution in [2.75, 3.05) is 0 Å². The predicted molar refractivity (Wildman–Crippen MR) is 80.8 cm³/mol. The number of nitrogens with one attached hydrogen (secondary N) is 1. The number of ether oxygens (including phenoxy) is 1. The van der Waals surface area contributed by atoms with E-state index in [-0.39, 0.29) is 10.8 Å². The summed E-state index contributed by atoms with van der Waals surface area (Å²) in [6.45, 7) is 2.89. The number of benzene rings is 1. The molecule has 2 rings (SSSR count). The highest BCUT2D eigenvalue weighted by Gasteiger charge is 2.24. The average Bonchev–Trinajstić information content (AvgIpc) is 2.50. The lowest BCUT2D eigenvalue weighted by Gasteiger charge is -2.15. The fourth-order valence-corrected chi connectivity index (χ4v) is 3.09. The summed E-state index contributed by atoms with van der Waals surface area (Å²) < 4.78 is 44.8. The largest absolute Gasteiger partial charge is 0.464 e. The van der Waals surface area contributed by atoms with Crippen molar-refractivity contribution in [3.05, 3.63) is 54.0 Å². The van der Waals surface area contributed by atoms with Crippen LogP contribution in [0.2, 0.25) is 0 Å². The average molecular weight is 338 g/mol. The minimum atomic E-state index is -4.19. The SMILES string of the molecule is Cc1ccc(F)cc1S(=O)(=O)NC(=O)C(C)Oc1ccccn1. The highest BCUT2D eigenvalue weighted by molar-refractivity contribution is 7.90. The molecule has 0 saturated heterocycles. The maximum absolute atomic E-state index is 13.3. The summed E-state index contributed by atoms with van der Waals surface area (Å²) in [7, 11) is -4.19. The molecule has 6 nitrogen and oxygen atoms in total. The van der Waals surface area contributed by atoms with Crippen LogP contribution >= 0.6 is 0 Å². The number of carbonyl (C=O) groups excluding carboxylic acids is 1. The zero-order chi connectivity index (χ0) is 17.0. The van der Waals surface area contributed by atoms with Crippen LogP contribution < -0.4 is 9.46 Å². The van der Waals surface area contributed by atoms with Crippen molar-refractivity contribution >= 4 is 15.9 Å². The van der Waals surface area contributed by atoms with E-state index in [1.54, 1.807) is 12.1 Å². The number of aromatic nitrogens is 1. The third-order valence-corrected chi connectivity index (χ3v) is 4.47. The van der Waals surface area contributed by atoms with E-state index >= 15 is 0 Å². The zero-order valence-electron chi connectivity index (χ0n) is 12.5. The van der Waals surface area contributed by atoms with E-state index in [1.807, 2.05) is 4.72 Å². The molecule has 0 aliphatic heterocycles. The predicted octanol–water partition coefficient (Wildman–Crippen LogP) is 1.80. The first kappa shape index (κ1) is 16.9. The molecule has 1 unspecified atom stereocenters. The van der Waals surface area contributed by atoms with E-state index < -0.39 is 27.9 Å². The van der Waals surface area contributed by atoms with Gasteiger partial charge in [0.2, 0.25) is 5.88 Å². The Labute approximate surface area is 133 Å². The number of halogens is 1. The van der Waals surface area contributed by atoms with Gasteiger partial charge in [-0.2, -0.15) is 0 Å². The van der Waals surface area contributed by atoms with Gasteiger partial charge in [-0.3, -0.25) is 4.79 Å². The molecule has 0 spiro atoms. The third-order valence-electron chi connectivity index (χ3n) is 2.98. The van der Waals surface area contributed by atoms with Crippen LogP contribution in [0.5, 0.6) is 5.88 Å². The zero-order valence-corrected chi connectivity index (χ0v) is 13.3. The highest BCUT2D eigenvalue weighted by atomic mass is 32.2. The van der Waals surface area contributed by atoms with Gasteiger partial charge in [0.15, 0.2) is 6.10 Å². The molecule has 8 heteroatoms.